The number of oxazole rings is 1. The molecule has 1 heterocycles. The number of ether oxygens (including phenoxy) is 1. The Morgan fingerprint density at radius 1 is 1.43 bits per heavy atom. The van der Waals surface area contributed by atoms with Gasteiger partial charge in [0.15, 0.2) is 0 Å². The van der Waals surface area contributed by atoms with Crippen molar-refractivity contribution in [3.8, 4) is 5.95 Å². The van der Waals surface area contributed by atoms with Crippen molar-refractivity contribution in [1.29, 1.82) is 0 Å². The first-order valence-electron chi connectivity index (χ1n) is 6.50. The number of benzene rings is 1. The van der Waals surface area contributed by atoms with Crippen molar-refractivity contribution in [3.05, 3.63) is 47.5 Å². The van der Waals surface area contributed by atoms with Crippen LogP contribution in [0.1, 0.15) is 28.7 Å². The Morgan fingerprint density at radius 3 is 2.87 bits per heavy atom. The molecule has 0 atom stereocenters. The smallest absolute Gasteiger partial charge is 0.417 e. The van der Waals surface area contributed by atoms with Gasteiger partial charge in [-0.3, -0.25) is 4.79 Å². The largest absolute Gasteiger partial charge is 0.464 e. The van der Waals surface area contributed by atoms with Gasteiger partial charge < -0.3 is 9.15 Å². The molecule has 1 aromatic carbocycles. The summed E-state index contributed by atoms with van der Waals surface area (Å²) in [6, 6.07) is 4.85. The van der Waals surface area contributed by atoms with E-state index in [-0.39, 0.29) is 17.4 Å². The summed E-state index contributed by atoms with van der Waals surface area (Å²) in [5, 5.41) is 3.48. The van der Waals surface area contributed by atoms with Crippen LogP contribution in [0.4, 0.5) is 13.2 Å². The molecule has 0 bridgehead atoms. The molecular weight excluding hydrogens is 315 g/mol. The molecule has 6 nitrogen and oxygen atoms in total. The molecule has 0 spiro atoms. The average Bonchev–Trinajstić information content (AvgIpc) is 2.96. The highest BCUT2D eigenvalue weighted by atomic mass is 19.4. The topological polar surface area (TPSA) is 76.7 Å². The Labute approximate surface area is 129 Å². The van der Waals surface area contributed by atoms with Crippen LogP contribution in [0.5, 0.6) is 5.95 Å². The third kappa shape index (κ3) is 4.31. The molecule has 2 rings (SSSR count). The summed E-state index contributed by atoms with van der Waals surface area (Å²) in [4.78, 5) is 15.3. The first kappa shape index (κ1) is 16.5. The molecule has 2 aromatic rings. The quantitative estimate of drug-likeness (QED) is 0.677. The number of nitrogens with zero attached hydrogens (tertiary/aromatic N) is 2. The minimum Gasteiger partial charge on any atom is -0.464 e. The van der Waals surface area contributed by atoms with Crippen molar-refractivity contribution in [2.24, 2.45) is 5.10 Å². The molecule has 0 unspecified atom stereocenters. The highest BCUT2D eigenvalue weighted by Gasteiger charge is 2.32. The van der Waals surface area contributed by atoms with E-state index in [1.165, 1.54) is 24.4 Å². The van der Waals surface area contributed by atoms with E-state index in [4.69, 9.17) is 9.15 Å². The number of hydrazone groups is 1. The SMILES string of the molecule is CCOc1cnc(C(=O)N/N=C\c2ccccc2C(F)(F)F)o1. The number of carbonyl (C=O) groups is 1. The molecule has 0 aliphatic heterocycles. The minimum atomic E-state index is -4.51. The second-order valence-electron chi connectivity index (χ2n) is 4.20. The monoisotopic (exact) mass is 327 g/mol. The number of hydrogen-bond donors (Lipinski definition) is 1. The first-order chi connectivity index (χ1) is 10.9. The zero-order valence-electron chi connectivity index (χ0n) is 11.9. The molecule has 0 aliphatic carbocycles. The van der Waals surface area contributed by atoms with E-state index in [2.05, 4.69) is 10.1 Å². The van der Waals surface area contributed by atoms with Gasteiger partial charge in [-0.2, -0.15) is 18.3 Å². The highest BCUT2D eigenvalue weighted by Crippen LogP contribution is 2.31. The second kappa shape index (κ2) is 6.95. The number of carbonyl (C=O) groups excluding carboxylic acids is 1. The van der Waals surface area contributed by atoms with Crippen LogP contribution in [-0.4, -0.2) is 23.7 Å². The summed E-state index contributed by atoms with van der Waals surface area (Å²) in [6.45, 7) is 2.06. The Kier molecular flexibility index (Phi) is 4.99. The van der Waals surface area contributed by atoms with Gasteiger partial charge in [-0.05, 0) is 13.0 Å². The summed E-state index contributed by atoms with van der Waals surface area (Å²) in [5.41, 5.74) is 1.00. The van der Waals surface area contributed by atoms with E-state index in [1.54, 1.807) is 6.92 Å². The van der Waals surface area contributed by atoms with E-state index >= 15 is 0 Å². The van der Waals surface area contributed by atoms with Crippen molar-refractivity contribution in [2.75, 3.05) is 6.61 Å². The molecule has 9 heteroatoms. The summed E-state index contributed by atoms with van der Waals surface area (Å²) in [5.74, 6) is -1.06. The second-order valence-corrected chi connectivity index (χ2v) is 4.20. The molecular formula is C14H12F3N3O3. The number of amides is 1. The average molecular weight is 327 g/mol. The lowest BCUT2D eigenvalue weighted by atomic mass is 10.1. The normalized spacial score (nSPS) is 11.7. The maximum absolute atomic E-state index is 12.8. The first-order valence-corrected chi connectivity index (χ1v) is 6.50. The summed E-state index contributed by atoms with van der Waals surface area (Å²) in [6.07, 6.45) is -2.41. The predicted molar refractivity (Wildman–Crippen MR) is 74.2 cm³/mol. The Hall–Kier alpha value is -2.84. The van der Waals surface area contributed by atoms with Gasteiger partial charge in [0, 0.05) is 5.56 Å². The maximum atomic E-state index is 12.8. The van der Waals surface area contributed by atoms with Crippen molar-refractivity contribution in [2.45, 2.75) is 13.1 Å². The number of aromatic nitrogens is 1. The van der Waals surface area contributed by atoms with Crippen molar-refractivity contribution >= 4 is 12.1 Å². The molecule has 1 aromatic heterocycles. The van der Waals surface area contributed by atoms with Gasteiger partial charge >= 0.3 is 18.0 Å². The van der Waals surface area contributed by atoms with E-state index < -0.39 is 17.6 Å². The zero-order valence-corrected chi connectivity index (χ0v) is 11.9. The number of hydrogen-bond acceptors (Lipinski definition) is 5. The van der Waals surface area contributed by atoms with Gasteiger partial charge in [0.25, 0.3) is 5.89 Å². The summed E-state index contributed by atoms with van der Waals surface area (Å²) >= 11 is 0. The van der Waals surface area contributed by atoms with Gasteiger partial charge in [-0.25, -0.2) is 10.4 Å². The zero-order chi connectivity index (χ0) is 16.9. The number of halogens is 3. The standard InChI is InChI=1S/C14H12F3N3O3/c1-2-22-11-8-18-13(23-11)12(21)20-19-7-9-5-3-4-6-10(9)14(15,16)17/h3-8H,2H2,1H3,(H,20,21)/b19-7-. The maximum Gasteiger partial charge on any atom is 0.417 e. The van der Waals surface area contributed by atoms with E-state index in [0.717, 1.165) is 12.3 Å². The van der Waals surface area contributed by atoms with Crippen LogP contribution in [0.3, 0.4) is 0 Å². The van der Waals surface area contributed by atoms with Gasteiger partial charge in [-0.1, -0.05) is 18.2 Å². The van der Waals surface area contributed by atoms with Crippen LogP contribution in [-0.2, 0) is 6.18 Å². The van der Waals surface area contributed by atoms with Crippen LogP contribution in [0.15, 0.2) is 40.0 Å². The Bertz CT molecular complexity index is 711. The van der Waals surface area contributed by atoms with Crippen molar-refractivity contribution in [3.63, 3.8) is 0 Å². The van der Waals surface area contributed by atoms with E-state index in [0.29, 0.717) is 6.61 Å². The fourth-order valence-electron chi connectivity index (χ4n) is 1.65. The Morgan fingerprint density at radius 2 is 2.17 bits per heavy atom. The van der Waals surface area contributed by atoms with E-state index in [9.17, 15) is 18.0 Å². The fourth-order valence-corrected chi connectivity index (χ4v) is 1.65. The third-order valence-electron chi connectivity index (χ3n) is 2.60. The van der Waals surface area contributed by atoms with Gasteiger partial charge in [-0.15, -0.1) is 0 Å². The molecule has 0 fully saturated rings. The predicted octanol–water partition coefficient (Wildman–Crippen LogP) is 2.86. The fraction of sp³-hybridized carbons (Fsp3) is 0.214. The van der Waals surface area contributed by atoms with Crippen molar-refractivity contribution < 1.29 is 27.1 Å². The number of alkyl halides is 3. The number of nitrogens with one attached hydrogen (secondary N) is 1. The lowest BCUT2D eigenvalue weighted by molar-refractivity contribution is -0.137. The van der Waals surface area contributed by atoms with Crippen LogP contribution in [0, 0.1) is 0 Å². The third-order valence-corrected chi connectivity index (χ3v) is 2.60. The van der Waals surface area contributed by atoms with Crippen LogP contribution in [0.2, 0.25) is 0 Å². The molecule has 0 saturated heterocycles. The molecule has 0 radical (unpaired) electrons. The highest BCUT2D eigenvalue weighted by molar-refractivity contribution is 5.91. The summed E-state index contributed by atoms with van der Waals surface area (Å²) in [7, 11) is 0. The molecule has 0 saturated carbocycles. The molecule has 1 N–H and O–H groups in total. The van der Waals surface area contributed by atoms with Gasteiger partial charge in [0.2, 0.25) is 0 Å². The van der Waals surface area contributed by atoms with Gasteiger partial charge in [0.1, 0.15) is 6.20 Å². The molecule has 23 heavy (non-hydrogen) atoms. The Balaban J connectivity index is 2.05. The van der Waals surface area contributed by atoms with Crippen LogP contribution < -0.4 is 10.2 Å². The lowest BCUT2D eigenvalue weighted by Gasteiger charge is -2.08. The van der Waals surface area contributed by atoms with Crippen molar-refractivity contribution in [1.82, 2.24) is 10.4 Å². The van der Waals surface area contributed by atoms with Crippen LogP contribution >= 0.6 is 0 Å². The van der Waals surface area contributed by atoms with Crippen LogP contribution in [0.25, 0.3) is 0 Å². The minimum absolute atomic E-state index is 0.0593. The number of rotatable bonds is 5. The van der Waals surface area contributed by atoms with E-state index in [1.807, 2.05) is 5.43 Å². The molecule has 1 amide bonds. The van der Waals surface area contributed by atoms with Gasteiger partial charge in [0.05, 0.1) is 18.4 Å². The molecule has 0 aliphatic rings. The summed E-state index contributed by atoms with van der Waals surface area (Å²) < 4.78 is 48.3. The molecule has 122 valence electrons. The lowest BCUT2D eigenvalue weighted by Crippen LogP contribution is -2.18.